The minimum atomic E-state index is -0.229. The third-order valence-corrected chi connectivity index (χ3v) is 3.99. The van der Waals surface area contributed by atoms with Gasteiger partial charge in [-0.15, -0.1) is 0 Å². The molecule has 3 nitrogen and oxygen atoms in total. The average molecular weight is 329 g/mol. The summed E-state index contributed by atoms with van der Waals surface area (Å²) in [6.07, 6.45) is 1.95. The first-order valence-electron chi connectivity index (χ1n) is 6.48. The second-order valence-electron chi connectivity index (χ2n) is 5.00. The topological polar surface area (TPSA) is 32.3 Å². The summed E-state index contributed by atoms with van der Waals surface area (Å²) in [6, 6.07) is 5.44. The van der Waals surface area contributed by atoms with Crippen LogP contribution in [0.15, 0.2) is 22.7 Å². The van der Waals surface area contributed by atoms with Crippen molar-refractivity contribution in [1.29, 1.82) is 0 Å². The highest BCUT2D eigenvalue weighted by atomic mass is 79.9. The van der Waals surface area contributed by atoms with Crippen LogP contribution in [0.2, 0.25) is 0 Å². The Balaban J connectivity index is 1.85. The van der Waals surface area contributed by atoms with E-state index in [1.807, 2.05) is 12.1 Å². The Hall–Kier alpha value is -0.940. The molecular formula is C14H18BrFN2O. The van der Waals surface area contributed by atoms with E-state index in [-0.39, 0.29) is 11.7 Å². The molecule has 1 aliphatic heterocycles. The Labute approximate surface area is 121 Å². The van der Waals surface area contributed by atoms with Crippen molar-refractivity contribution in [3.8, 4) is 0 Å². The number of hydrogen-bond acceptors (Lipinski definition) is 2. The van der Waals surface area contributed by atoms with Gasteiger partial charge in [-0.25, -0.2) is 4.39 Å². The molecule has 0 spiro atoms. The molecule has 0 aliphatic carbocycles. The fraction of sp³-hybridized carbons (Fsp3) is 0.500. The highest BCUT2D eigenvalue weighted by Gasteiger charge is 2.19. The SMILES string of the molecule is CC(=O)NC1CCN(Cc2ccc(F)c(Br)c2)CC1. The van der Waals surface area contributed by atoms with Crippen LogP contribution in [0.4, 0.5) is 4.39 Å². The van der Waals surface area contributed by atoms with Crippen molar-refractivity contribution in [3.05, 3.63) is 34.1 Å². The number of piperidine rings is 1. The van der Waals surface area contributed by atoms with Gasteiger partial charge in [-0.3, -0.25) is 9.69 Å². The van der Waals surface area contributed by atoms with Crippen LogP contribution in [0.1, 0.15) is 25.3 Å². The average Bonchev–Trinajstić information content (AvgIpc) is 2.36. The molecule has 19 heavy (non-hydrogen) atoms. The van der Waals surface area contributed by atoms with Crippen LogP contribution < -0.4 is 5.32 Å². The monoisotopic (exact) mass is 328 g/mol. The summed E-state index contributed by atoms with van der Waals surface area (Å²) in [4.78, 5) is 13.3. The molecule has 0 saturated carbocycles. The smallest absolute Gasteiger partial charge is 0.217 e. The van der Waals surface area contributed by atoms with Gasteiger partial charge in [-0.1, -0.05) is 6.07 Å². The van der Waals surface area contributed by atoms with E-state index in [1.54, 1.807) is 6.92 Å². The lowest BCUT2D eigenvalue weighted by molar-refractivity contribution is -0.119. The van der Waals surface area contributed by atoms with Crippen LogP contribution >= 0.6 is 15.9 Å². The first-order valence-corrected chi connectivity index (χ1v) is 7.27. The van der Waals surface area contributed by atoms with E-state index in [0.29, 0.717) is 10.5 Å². The Bertz CT molecular complexity index is 459. The van der Waals surface area contributed by atoms with Gasteiger partial charge in [-0.05, 0) is 46.5 Å². The van der Waals surface area contributed by atoms with Crippen molar-refractivity contribution >= 4 is 21.8 Å². The lowest BCUT2D eigenvalue weighted by Gasteiger charge is -2.32. The van der Waals surface area contributed by atoms with E-state index in [1.165, 1.54) is 6.07 Å². The van der Waals surface area contributed by atoms with Crippen LogP contribution in [0.25, 0.3) is 0 Å². The molecule has 104 valence electrons. The lowest BCUT2D eigenvalue weighted by Crippen LogP contribution is -2.43. The molecule has 1 aromatic carbocycles. The van der Waals surface area contributed by atoms with Crippen LogP contribution in [0.5, 0.6) is 0 Å². The summed E-state index contributed by atoms with van der Waals surface area (Å²) in [6.45, 7) is 4.30. The van der Waals surface area contributed by atoms with Gasteiger partial charge < -0.3 is 5.32 Å². The fourth-order valence-corrected chi connectivity index (χ4v) is 2.85. The van der Waals surface area contributed by atoms with Gasteiger partial charge in [0.2, 0.25) is 5.91 Å². The summed E-state index contributed by atoms with van der Waals surface area (Å²) >= 11 is 3.21. The number of nitrogens with one attached hydrogen (secondary N) is 1. The van der Waals surface area contributed by atoms with Crippen molar-refractivity contribution in [3.63, 3.8) is 0 Å². The lowest BCUT2D eigenvalue weighted by atomic mass is 10.0. The maximum Gasteiger partial charge on any atom is 0.217 e. The summed E-state index contributed by atoms with van der Waals surface area (Å²) in [5.41, 5.74) is 1.10. The molecule has 1 N–H and O–H groups in total. The molecule has 1 fully saturated rings. The Kier molecular flexibility index (Phi) is 4.93. The molecule has 1 saturated heterocycles. The normalized spacial score (nSPS) is 17.4. The summed E-state index contributed by atoms with van der Waals surface area (Å²) in [5, 5.41) is 2.96. The van der Waals surface area contributed by atoms with E-state index in [0.717, 1.165) is 38.0 Å². The highest BCUT2D eigenvalue weighted by Crippen LogP contribution is 2.19. The molecule has 1 aromatic rings. The number of rotatable bonds is 3. The molecule has 1 amide bonds. The van der Waals surface area contributed by atoms with Crippen molar-refractivity contribution < 1.29 is 9.18 Å². The minimum absolute atomic E-state index is 0.0425. The Morgan fingerprint density at radius 2 is 2.16 bits per heavy atom. The van der Waals surface area contributed by atoms with Crippen LogP contribution in [-0.4, -0.2) is 29.9 Å². The standard InChI is InChI=1S/C14H18BrFN2O/c1-10(19)17-12-4-6-18(7-5-12)9-11-2-3-14(16)13(15)8-11/h2-3,8,12H,4-7,9H2,1H3,(H,17,19). The number of amides is 1. The van der Waals surface area contributed by atoms with Crippen molar-refractivity contribution in [2.75, 3.05) is 13.1 Å². The molecule has 0 atom stereocenters. The fourth-order valence-electron chi connectivity index (χ4n) is 2.42. The molecule has 5 heteroatoms. The summed E-state index contributed by atoms with van der Waals surface area (Å²) < 4.78 is 13.7. The first kappa shape index (κ1) is 14.5. The number of carbonyl (C=O) groups excluding carboxylic acids is 1. The van der Waals surface area contributed by atoms with E-state index in [4.69, 9.17) is 0 Å². The molecule has 2 rings (SSSR count). The van der Waals surface area contributed by atoms with Gasteiger partial charge in [0.05, 0.1) is 4.47 Å². The second kappa shape index (κ2) is 6.48. The molecule has 0 aromatic heterocycles. The summed E-state index contributed by atoms with van der Waals surface area (Å²) in [5.74, 6) is -0.186. The second-order valence-corrected chi connectivity index (χ2v) is 5.85. The van der Waals surface area contributed by atoms with E-state index in [9.17, 15) is 9.18 Å². The van der Waals surface area contributed by atoms with Crippen molar-refractivity contribution in [1.82, 2.24) is 10.2 Å². The van der Waals surface area contributed by atoms with Gasteiger partial charge in [0, 0.05) is 32.6 Å². The maximum atomic E-state index is 13.1. The number of hydrogen-bond donors (Lipinski definition) is 1. The number of halogens is 2. The van der Waals surface area contributed by atoms with Gasteiger partial charge >= 0.3 is 0 Å². The number of carbonyl (C=O) groups is 1. The van der Waals surface area contributed by atoms with Gasteiger partial charge in [0.15, 0.2) is 0 Å². The third-order valence-electron chi connectivity index (χ3n) is 3.39. The zero-order chi connectivity index (χ0) is 13.8. The molecule has 0 bridgehead atoms. The van der Waals surface area contributed by atoms with E-state index < -0.39 is 0 Å². The van der Waals surface area contributed by atoms with Crippen LogP contribution in [0, 0.1) is 5.82 Å². The van der Waals surface area contributed by atoms with Gasteiger partial charge in [-0.2, -0.15) is 0 Å². The molecular weight excluding hydrogens is 311 g/mol. The van der Waals surface area contributed by atoms with Gasteiger partial charge in [0.1, 0.15) is 5.82 Å². The molecule has 1 heterocycles. The molecule has 0 unspecified atom stereocenters. The zero-order valence-corrected chi connectivity index (χ0v) is 12.5. The van der Waals surface area contributed by atoms with Gasteiger partial charge in [0.25, 0.3) is 0 Å². The largest absolute Gasteiger partial charge is 0.354 e. The van der Waals surface area contributed by atoms with E-state index >= 15 is 0 Å². The highest BCUT2D eigenvalue weighted by molar-refractivity contribution is 9.10. The first-order chi connectivity index (χ1) is 9.04. The zero-order valence-electron chi connectivity index (χ0n) is 11.0. The number of nitrogens with zero attached hydrogens (tertiary/aromatic N) is 1. The third kappa shape index (κ3) is 4.28. The predicted octanol–water partition coefficient (Wildman–Crippen LogP) is 2.69. The Morgan fingerprint density at radius 1 is 1.47 bits per heavy atom. The Morgan fingerprint density at radius 3 is 2.74 bits per heavy atom. The summed E-state index contributed by atoms with van der Waals surface area (Å²) in [7, 11) is 0. The number of likely N-dealkylation sites (tertiary alicyclic amines) is 1. The van der Waals surface area contributed by atoms with Crippen LogP contribution in [0.3, 0.4) is 0 Å². The minimum Gasteiger partial charge on any atom is -0.354 e. The van der Waals surface area contributed by atoms with E-state index in [2.05, 4.69) is 26.1 Å². The van der Waals surface area contributed by atoms with Crippen LogP contribution in [-0.2, 0) is 11.3 Å². The molecule has 1 aliphatic rings. The quantitative estimate of drug-likeness (QED) is 0.925. The van der Waals surface area contributed by atoms with Crippen molar-refractivity contribution in [2.45, 2.75) is 32.4 Å². The molecule has 0 radical (unpaired) electrons. The van der Waals surface area contributed by atoms with Crippen molar-refractivity contribution in [2.24, 2.45) is 0 Å². The maximum absolute atomic E-state index is 13.1. The number of benzene rings is 1. The predicted molar refractivity (Wildman–Crippen MR) is 76.2 cm³/mol.